The quantitative estimate of drug-likeness (QED) is 0.165. The Kier molecular flexibility index (Phi) is 8.13. The van der Waals surface area contributed by atoms with Crippen LogP contribution in [0.1, 0.15) is 105 Å². The largest absolute Gasteiger partial charge is 0.308 e. The van der Waals surface area contributed by atoms with Gasteiger partial charge >= 0.3 is 0 Å². The van der Waals surface area contributed by atoms with E-state index >= 15 is 0 Å². The number of halogens is 2. The Bertz CT molecular complexity index is 2160. The first-order valence-electron chi connectivity index (χ1n) is 17.8. The summed E-state index contributed by atoms with van der Waals surface area (Å²) in [6.07, 6.45) is 0. The minimum Gasteiger partial charge on any atom is -0.308 e. The lowest BCUT2D eigenvalue weighted by Crippen LogP contribution is -2.10. The van der Waals surface area contributed by atoms with Gasteiger partial charge in [-0.1, -0.05) is 107 Å². The molecule has 0 spiro atoms. The molecule has 4 heteroatoms. The molecule has 0 fully saturated rings. The summed E-state index contributed by atoms with van der Waals surface area (Å²) in [5.41, 5.74) is 12.6. The van der Waals surface area contributed by atoms with E-state index < -0.39 is 0 Å². The number of hydrogen-bond donors (Lipinski definition) is 0. The fraction of sp³-hybridized carbons (Fsp3) is 0.348. The zero-order valence-corrected chi connectivity index (χ0v) is 34.9. The first-order valence-corrected chi connectivity index (χ1v) is 19.4. The van der Waals surface area contributed by atoms with E-state index in [-0.39, 0.29) is 21.7 Å². The third-order valence-corrected chi connectivity index (χ3v) is 11.8. The second-order valence-corrected chi connectivity index (χ2v) is 20.1. The van der Waals surface area contributed by atoms with Crippen LogP contribution in [0.5, 0.6) is 0 Å². The van der Waals surface area contributed by atoms with Crippen molar-refractivity contribution in [3.63, 3.8) is 0 Å². The smallest absolute Gasteiger partial charge is 0.0617 e. The van der Waals surface area contributed by atoms with Gasteiger partial charge in [0.15, 0.2) is 0 Å². The molecule has 0 radical (unpaired) electrons. The minimum absolute atomic E-state index is 0.0547. The zero-order valence-electron chi connectivity index (χ0n) is 31.7. The summed E-state index contributed by atoms with van der Waals surface area (Å²) in [6, 6.07) is 32.7. The maximum Gasteiger partial charge on any atom is 0.0617 e. The fourth-order valence-corrected chi connectivity index (χ4v) is 8.32. The number of fused-ring (bicyclic) bond motifs is 6. The predicted octanol–water partition coefficient (Wildman–Crippen LogP) is 14.6. The molecule has 0 aliphatic rings. The Hall–Kier alpha value is -3.34. The molecule has 7 aromatic rings. The molecule has 0 aliphatic heterocycles. The van der Waals surface area contributed by atoms with Gasteiger partial charge in [-0.15, -0.1) is 0 Å². The van der Waals surface area contributed by atoms with Gasteiger partial charge in [-0.3, -0.25) is 0 Å². The van der Waals surface area contributed by atoms with Crippen LogP contribution in [0.3, 0.4) is 0 Å². The van der Waals surface area contributed by atoms with E-state index in [0.29, 0.717) is 0 Å². The van der Waals surface area contributed by atoms with Crippen molar-refractivity contribution in [2.75, 3.05) is 0 Å². The second kappa shape index (κ2) is 11.6. The van der Waals surface area contributed by atoms with E-state index in [0.717, 1.165) is 20.3 Å². The topological polar surface area (TPSA) is 9.86 Å². The van der Waals surface area contributed by atoms with E-state index in [1.165, 1.54) is 65.9 Å². The Morgan fingerprint density at radius 3 is 0.760 bits per heavy atom. The van der Waals surface area contributed by atoms with Crippen LogP contribution in [-0.2, 0) is 21.7 Å². The molecular formula is C46H50Br2N2. The number of rotatable bonds is 2. The highest BCUT2D eigenvalue weighted by molar-refractivity contribution is 9.11. The lowest BCUT2D eigenvalue weighted by atomic mass is 9.85. The molecule has 0 N–H and O–H groups in total. The SMILES string of the molecule is CC(C)(C)c1ccc2c(c1)c1cc(C(C)(C)C)ccc1n2-c1cc(Br)c(-n2c3ccc(C(C)(C)C)cc3c3cc(C(C)(C)C)ccc32)cc1Br. The maximum atomic E-state index is 4.10. The number of benzene rings is 5. The van der Waals surface area contributed by atoms with Crippen LogP contribution in [0.4, 0.5) is 0 Å². The third kappa shape index (κ3) is 5.85. The van der Waals surface area contributed by atoms with Crippen LogP contribution in [-0.4, -0.2) is 9.13 Å². The molecule has 2 heterocycles. The Labute approximate surface area is 315 Å². The fourth-order valence-electron chi connectivity index (χ4n) is 7.30. The average molecular weight is 791 g/mol. The highest BCUT2D eigenvalue weighted by Gasteiger charge is 2.25. The van der Waals surface area contributed by atoms with Gasteiger partial charge in [0.05, 0.1) is 33.4 Å². The van der Waals surface area contributed by atoms with Gasteiger partial charge in [0.25, 0.3) is 0 Å². The van der Waals surface area contributed by atoms with Crippen LogP contribution in [0.2, 0.25) is 0 Å². The Morgan fingerprint density at radius 2 is 0.560 bits per heavy atom. The molecule has 0 amide bonds. The first-order chi connectivity index (χ1) is 23.1. The molecule has 0 aliphatic carbocycles. The predicted molar refractivity (Wildman–Crippen MR) is 225 cm³/mol. The minimum atomic E-state index is 0.0547. The van der Waals surface area contributed by atoms with Crippen molar-refractivity contribution in [3.8, 4) is 11.4 Å². The average Bonchev–Trinajstić information content (AvgIpc) is 3.51. The maximum absolute atomic E-state index is 4.10. The Morgan fingerprint density at radius 1 is 0.340 bits per heavy atom. The molecular weight excluding hydrogens is 740 g/mol. The number of nitrogens with zero attached hydrogens (tertiary/aromatic N) is 2. The normalized spacial score (nSPS) is 13.4. The summed E-state index contributed by atoms with van der Waals surface area (Å²) in [5, 5.41) is 5.16. The van der Waals surface area contributed by atoms with Crippen molar-refractivity contribution in [2.24, 2.45) is 0 Å². The van der Waals surface area contributed by atoms with Crippen molar-refractivity contribution in [2.45, 2.75) is 105 Å². The molecule has 0 bridgehead atoms. The number of aromatic nitrogens is 2. The zero-order chi connectivity index (χ0) is 36.3. The van der Waals surface area contributed by atoms with E-state index in [2.05, 4.69) is 209 Å². The summed E-state index contributed by atoms with van der Waals surface area (Å²) in [4.78, 5) is 0. The molecule has 0 saturated carbocycles. The van der Waals surface area contributed by atoms with E-state index in [1.807, 2.05) is 0 Å². The van der Waals surface area contributed by atoms with Crippen molar-refractivity contribution in [1.29, 1.82) is 0 Å². The lowest BCUT2D eigenvalue weighted by Gasteiger charge is -2.20. The van der Waals surface area contributed by atoms with E-state index in [1.54, 1.807) is 0 Å². The molecule has 0 unspecified atom stereocenters. The monoisotopic (exact) mass is 788 g/mol. The standard InChI is InChI=1S/C46H50Br2N2/c1-43(2,3)27-13-17-37-31(21-27)32-22-28(44(4,5)6)14-18-38(32)49(37)41-25-36(48)42(26-35(41)47)50-39-19-15-29(45(7,8)9)23-33(39)34-24-30(46(10,11)12)16-20-40(34)50/h13-26H,1-12H3. The van der Waals surface area contributed by atoms with Crippen molar-refractivity contribution in [3.05, 3.63) is 116 Å². The number of hydrogen-bond acceptors (Lipinski definition) is 0. The second-order valence-electron chi connectivity index (χ2n) is 18.4. The highest BCUT2D eigenvalue weighted by Crippen LogP contribution is 2.43. The van der Waals surface area contributed by atoms with Gasteiger partial charge < -0.3 is 9.13 Å². The van der Waals surface area contributed by atoms with Crippen LogP contribution in [0.15, 0.2) is 93.9 Å². The summed E-state index contributed by atoms with van der Waals surface area (Å²) in [6.45, 7) is 27.5. The van der Waals surface area contributed by atoms with Gasteiger partial charge in [-0.05, 0) is 136 Å². The van der Waals surface area contributed by atoms with Crippen molar-refractivity contribution in [1.82, 2.24) is 9.13 Å². The van der Waals surface area contributed by atoms with Crippen LogP contribution >= 0.6 is 31.9 Å². The lowest BCUT2D eigenvalue weighted by molar-refractivity contribution is 0.590. The molecule has 5 aromatic carbocycles. The summed E-state index contributed by atoms with van der Waals surface area (Å²) < 4.78 is 6.95. The third-order valence-electron chi connectivity index (χ3n) is 10.5. The first kappa shape index (κ1) is 35.1. The van der Waals surface area contributed by atoms with Crippen molar-refractivity contribution < 1.29 is 0 Å². The van der Waals surface area contributed by atoms with Gasteiger partial charge in [0.1, 0.15) is 0 Å². The van der Waals surface area contributed by atoms with Gasteiger partial charge in [0.2, 0.25) is 0 Å². The molecule has 7 rings (SSSR count). The van der Waals surface area contributed by atoms with Gasteiger partial charge in [0, 0.05) is 30.5 Å². The molecule has 258 valence electrons. The Balaban J connectivity index is 1.50. The van der Waals surface area contributed by atoms with E-state index in [9.17, 15) is 0 Å². The summed E-state index contributed by atoms with van der Waals surface area (Å²) >= 11 is 8.20. The molecule has 50 heavy (non-hydrogen) atoms. The van der Waals surface area contributed by atoms with Crippen molar-refractivity contribution >= 4 is 75.5 Å². The van der Waals surface area contributed by atoms with Crippen LogP contribution < -0.4 is 0 Å². The molecule has 2 nitrogen and oxygen atoms in total. The molecule has 2 aromatic heterocycles. The van der Waals surface area contributed by atoms with E-state index in [4.69, 9.17) is 0 Å². The molecule has 0 atom stereocenters. The summed E-state index contributed by atoms with van der Waals surface area (Å²) in [7, 11) is 0. The van der Waals surface area contributed by atoms with Gasteiger partial charge in [-0.25, -0.2) is 0 Å². The van der Waals surface area contributed by atoms with Crippen LogP contribution in [0.25, 0.3) is 55.0 Å². The van der Waals surface area contributed by atoms with Crippen LogP contribution in [0, 0.1) is 0 Å². The summed E-state index contributed by atoms with van der Waals surface area (Å²) in [5.74, 6) is 0. The van der Waals surface area contributed by atoms with Gasteiger partial charge in [-0.2, -0.15) is 0 Å². The molecule has 0 saturated heterocycles. The highest BCUT2D eigenvalue weighted by atomic mass is 79.9.